The second-order valence-electron chi connectivity index (χ2n) is 7.07. The van der Waals surface area contributed by atoms with Crippen molar-refractivity contribution >= 4 is 23.8 Å². The molecule has 0 aliphatic carbocycles. The highest BCUT2D eigenvalue weighted by molar-refractivity contribution is 6.45. The van der Waals surface area contributed by atoms with E-state index in [1.165, 1.54) is 6.08 Å². The van der Waals surface area contributed by atoms with Crippen LogP contribution in [0.3, 0.4) is 0 Å². The SMILES string of the molecule is C=CCN1C(=O)C(=O)N(CC(=O)N[C@H](c2ccc3c(c2)OCCO3)C(C)C)C1=O. The molecule has 2 aliphatic rings. The molecule has 0 radical (unpaired) electrons. The molecule has 1 saturated heterocycles. The normalized spacial score (nSPS) is 17.0. The van der Waals surface area contributed by atoms with Gasteiger partial charge in [0.2, 0.25) is 5.91 Å². The van der Waals surface area contributed by atoms with E-state index in [-0.39, 0.29) is 18.5 Å². The third-order valence-electron chi connectivity index (χ3n) is 4.66. The fourth-order valence-corrected chi connectivity index (χ4v) is 3.23. The van der Waals surface area contributed by atoms with Crippen molar-refractivity contribution in [1.82, 2.24) is 15.1 Å². The van der Waals surface area contributed by atoms with Crippen molar-refractivity contribution < 1.29 is 28.7 Å². The molecule has 1 N–H and O–H groups in total. The van der Waals surface area contributed by atoms with Crippen LogP contribution in [-0.4, -0.2) is 59.9 Å². The largest absolute Gasteiger partial charge is 0.486 e. The fraction of sp³-hybridized carbons (Fsp3) is 0.400. The molecule has 9 heteroatoms. The number of hydrogen-bond acceptors (Lipinski definition) is 6. The number of hydrogen-bond donors (Lipinski definition) is 1. The molecule has 1 aromatic rings. The minimum Gasteiger partial charge on any atom is -0.486 e. The molecule has 1 fully saturated rings. The van der Waals surface area contributed by atoms with E-state index in [1.807, 2.05) is 19.9 Å². The molecule has 0 bridgehead atoms. The lowest BCUT2D eigenvalue weighted by Crippen LogP contribution is -2.43. The standard InChI is InChI=1S/C20H23N3O6/c1-4-7-22-18(25)19(26)23(20(22)27)11-16(24)21-17(12(2)3)13-5-6-14-15(10-13)29-9-8-28-14/h4-6,10,12,17H,1,7-9,11H2,2-3H3,(H,21,24)/t17-/m0/s1. The monoisotopic (exact) mass is 401 g/mol. The number of carbonyl (C=O) groups excluding carboxylic acids is 4. The Kier molecular flexibility index (Phi) is 5.86. The number of rotatable bonds is 7. The lowest BCUT2D eigenvalue weighted by Gasteiger charge is -2.26. The molecule has 3 rings (SSSR count). The molecule has 2 heterocycles. The van der Waals surface area contributed by atoms with Gasteiger partial charge in [-0.25, -0.2) is 9.69 Å². The first-order chi connectivity index (χ1) is 13.8. The van der Waals surface area contributed by atoms with Crippen LogP contribution in [0.5, 0.6) is 11.5 Å². The average molecular weight is 401 g/mol. The van der Waals surface area contributed by atoms with Crippen LogP contribution in [0, 0.1) is 5.92 Å². The first-order valence-corrected chi connectivity index (χ1v) is 9.30. The average Bonchev–Trinajstić information content (AvgIpc) is 2.90. The van der Waals surface area contributed by atoms with Crippen LogP contribution in [0.25, 0.3) is 0 Å². The Morgan fingerprint density at radius 3 is 2.45 bits per heavy atom. The maximum Gasteiger partial charge on any atom is 0.335 e. The maximum atomic E-state index is 12.6. The first kappa shape index (κ1) is 20.4. The fourth-order valence-electron chi connectivity index (χ4n) is 3.23. The molecule has 0 spiro atoms. The topological polar surface area (TPSA) is 105 Å². The Hall–Kier alpha value is -3.36. The van der Waals surface area contributed by atoms with Gasteiger partial charge in [0.05, 0.1) is 6.04 Å². The number of ether oxygens (including phenoxy) is 2. The van der Waals surface area contributed by atoms with Crippen molar-refractivity contribution in [3.05, 3.63) is 36.4 Å². The number of nitrogens with one attached hydrogen (secondary N) is 1. The van der Waals surface area contributed by atoms with E-state index in [9.17, 15) is 19.2 Å². The summed E-state index contributed by atoms with van der Waals surface area (Å²) in [6.07, 6.45) is 1.34. The van der Waals surface area contributed by atoms with E-state index in [1.54, 1.807) is 12.1 Å². The van der Waals surface area contributed by atoms with Crippen molar-refractivity contribution in [1.29, 1.82) is 0 Å². The molecular formula is C20H23N3O6. The molecule has 0 saturated carbocycles. The number of urea groups is 1. The Bertz CT molecular complexity index is 866. The van der Waals surface area contributed by atoms with E-state index in [0.717, 1.165) is 10.5 Å². The summed E-state index contributed by atoms with van der Waals surface area (Å²) in [6.45, 7) is 7.62. The van der Waals surface area contributed by atoms with Crippen molar-refractivity contribution in [2.75, 3.05) is 26.3 Å². The van der Waals surface area contributed by atoms with E-state index in [4.69, 9.17) is 9.47 Å². The minimum atomic E-state index is -1.02. The van der Waals surface area contributed by atoms with Gasteiger partial charge < -0.3 is 14.8 Å². The Labute approximate surface area is 168 Å². The summed E-state index contributed by atoms with van der Waals surface area (Å²) in [5, 5.41) is 2.84. The van der Waals surface area contributed by atoms with Gasteiger partial charge in [-0.15, -0.1) is 6.58 Å². The van der Waals surface area contributed by atoms with Gasteiger partial charge in [0.25, 0.3) is 0 Å². The summed E-state index contributed by atoms with van der Waals surface area (Å²) < 4.78 is 11.1. The van der Waals surface area contributed by atoms with Crippen molar-refractivity contribution in [2.45, 2.75) is 19.9 Å². The summed E-state index contributed by atoms with van der Waals surface area (Å²) >= 11 is 0. The Morgan fingerprint density at radius 1 is 1.14 bits per heavy atom. The highest BCUT2D eigenvalue weighted by Crippen LogP contribution is 2.34. The van der Waals surface area contributed by atoms with Crippen molar-refractivity contribution in [3.8, 4) is 11.5 Å². The predicted molar refractivity (Wildman–Crippen MR) is 102 cm³/mol. The number of fused-ring (bicyclic) bond motifs is 1. The minimum absolute atomic E-state index is 0.0189. The van der Waals surface area contributed by atoms with Crippen LogP contribution >= 0.6 is 0 Å². The molecule has 0 unspecified atom stereocenters. The second kappa shape index (κ2) is 8.34. The van der Waals surface area contributed by atoms with E-state index < -0.39 is 30.3 Å². The molecule has 9 nitrogen and oxygen atoms in total. The highest BCUT2D eigenvalue weighted by atomic mass is 16.6. The maximum absolute atomic E-state index is 12.6. The van der Waals surface area contributed by atoms with E-state index in [0.29, 0.717) is 29.6 Å². The van der Waals surface area contributed by atoms with Gasteiger partial charge in [-0.3, -0.25) is 19.3 Å². The summed E-state index contributed by atoms with van der Waals surface area (Å²) in [5.74, 6) is -1.27. The van der Waals surface area contributed by atoms with Gasteiger partial charge in [0.1, 0.15) is 19.8 Å². The number of nitrogens with zero attached hydrogens (tertiary/aromatic N) is 2. The van der Waals surface area contributed by atoms with Crippen LogP contribution in [0.2, 0.25) is 0 Å². The van der Waals surface area contributed by atoms with E-state index in [2.05, 4.69) is 11.9 Å². The first-order valence-electron chi connectivity index (χ1n) is 9.30. The third kappa shape index (κ3) is 4.08. The van der Waals surface area contributed by atoms with Gasteiger partial charge in [-0.2, -0.15) is 0 Å². The zero-order valence-electron chi connectivity index (χ0n) is 16.3. The van der Waals surface area contributed by atoms with Gasteiger partial charge >= 0.3 is 17.8 Å². The molecule has 29 heavy (non-hydrogen) atoms. The molecule has 2 aliphatic heterocycles. The summed E-state index contributed by atoms with van der Waals surface area (Å²) in [5.41, 5.74) is 0.807. The number of benzene rings is 1. The molecule has 154 valence electrons. The quantitative estimate of drug-likeness (QED) is 0.419. The Morgan fingerprint density at radius 2 is 1.79 bits per heavy atom. The van der Waals surface area contributed by atoms with Crippen LogP contribution < -0.4 is 14.8 Å². The van der Waals surface area contributed by atoms with Gasteiger partial charge in [-0.1, -0.05) is 26.0 Å². The smallest absolute Gasteiger partial charge is 0.335 e. The lowest BCUT2D eigenvalue weighted by atomic mass is 9.95. The molecule has 1 atom stereocenters. The van der Waals surface area contributed by atoms with E-state index >= 15 is 0 Å². The van der Waals surface area contributed by atoms with Gasteiger partial charge in [0.15, 0.2) is 11.5 Å². The Balaban J connectivity index is 1.72. The van der Waals surface area contributed by atoms with Crippen LogP contribution in [0.15, 0.2) is 30.9 Å². The molecule has 1 aromatic carbocycles. The lowest BCUT2D eigenvalue weighted by molar-refractivity contribution is -0.143. The van der Waals surface area contributed by atoms with Crippen LogP contribution in [0.4, 0.5) is 4.79 Å². The van der Waals surface area contributed by atoms with Gasteiger partial charge in [-0.05, 0) is 23.6 Å². The zero-order chi connectivity index (χ0) is 21.1. The summed E-state index contributed by atoms with van der Waals surface area (Å²) in [7, 11) is 0. The van der Waals surface area contributed by atoms with Crippen molar-refractivity contribution in [3.63, 3.8) is 0 Å². The third-order valence-corrected chi connectivity index (χ3v) is 4.66. The number of carbonyl (C=O) groups is 4. The van der Waals surface area contributed by atoms with Crippen LogP contribution in [0.1, 0.15) is 25.5 Å². The summed E-state index contributed by atoms with van der Waals surface area (Å²) in [6, 6.07) is 4.22. The van der Waals surface area contributed by atoms with Crippen LogP contribution in [-0.2, 0) is 14.4 Å². The molecule has 5 amide bonds. The number of imide groups is 2. The second-order valence-corrected chi connectivity index (χ2v) is 7.07. The van der Waals surface area contributed by atoms with Gasteiger partial charge in [0, 0.05) is 6.54 Å². The summed E-state index contributed by atoms with van der Waals surface area (Å²) in [4.78, 5) is 50.2. The molecule has 0 aromatic heterocycles. The molecular weight excluding hydrogens is 378 g/mol. The number of amides is 5. The van der Waals surface area contributed by atoms with Crippen molar-refractivity contribution in [2.24, 2.45) is 5.92 Å². The zero-order valence-corrected chi connectivity index (χ0v) is 16.3. The highest BCUT2D eigenvalue weighted by Gasteiger charge is 2.44. The predicted octanol–water partition coefficient (Wildman–Crippen LogP) is 1.25.